The lowest BCUT2D eigenvalue weighted by Gasteiger charge is -2.09. The number of aromatic nitrogens is 3. The molecular formula is C9H15N7O3. The van der Waals surface area contributed by atoms with E-state index in [9.17, 15) is 14.4 Å². The van der Waals surface area contributed by atoms with Crippen molar-refractivity contribution in [1.82, 2.24) is 25.6 Å². The van der Waals surface area contributed by atoms with Gasteiger partial charge < -0.3 is 16.8 Å². The molecule has 0 saturated heterocycles. The van der Waals surface area contributed by atoms with Crippen LogP contribution in [0.15, 0.2) is 6.20 Å². The predicted octanol–water partition coefficient (Wildman–Crippen LogP) is -2.39. The molecule has 0 saturated carbocycles. The Bertz CT molecular complexity index is 484. The van der Waals surface area contributed by atoms with E-state index in [2.05, 4.69) is 15.6 Å². The molecule has 1 aromatic heterocycles. The summed E-state index contributed by atoms with van der Waals surface area (Å²) in [6.07, 6.45) is 1.47. The number of nitrogens with two attached hydrogens (primary N) is 2. The van der Waals surface area contributed by atoms with Gasteiger partial charge in [0.2, 0.25) is 5.91 Å². The Morgan fingerprint density at radius 2 is 2.16 bits per heavy atom. The van der Waals surface area contributed by atoms with Crippen molar-refractivity contribution < 1.29 is 14.4 Å². The van der Waals surface area contributed by atoms with E-state index in [1.54, 1.807) is 0 Å². The average molecular weight is 269 g/mol. The molecule has 0 spiro atoms. The van der Waals surface area contributed by atoms with Crippen LogP contribution in [0.4, 0.5) is 4.79 Å². The summed E-state index contributed by atoms with van der Waals surface area (Å²) in [5.41, 5.74) is 10.4. The normalized spacial score (nSPS) is 11.7. The third kappa shape index (κ3) is 4.35. The molecule has 1 atom stereocenters. The van der Waals surface area contributed by atoms with Gasteiger partial charge >= 0.3 is 6.03 Å². The summed E-state index contributed by atoms with van der Waals surface area (Å²) in [5, 5.41) is 11.9. The Morgan fingerprint density at radius 1 is 1.47 bits per heavy atom. The van der Waals surface area contributed by atoms with Gasteiger partial charge in [-0.2, -0.15) is 0 Å². The second kappa shape index (κ2) is 6.44. The number of hydrogen-bond acceptors (Lipinski definition) is 6. The highest BCUT2D eigenvalue weighted by Crippen LogP contribution is 2.04. The number of carbonyl (C=O) groups is 3. The third-order valence-corrected chi connectivity index (χ3v) is 2.23. The molecule has 10 nitrogen and oxygen atoms in total. The second-order valence-corrected chi connectivity index (χ2v) is 3.70. The number of primary amides is 1. The van der Waals surface area contributed by atoms with Crippen LogP contribution >= 0.6 is 0 Å². The number of nitrogens with one attached hydrogen (secondary N) is 2. The van der Waals surface area contributed by atoms with Crippen molar-refractivity contribution in [3.05, 3.63) is 11.9 Å². The van der Waals surface area contributed by atoms with Gasteiger partial charge in [0, 0.05) is 0 Å². The van der Waals surface area contributed by atoms with Crippen LogP contribution in [0, 0.1) is 0 Å². The maximum absolute atomic E-state index is 11.5. The maximum Gasteiger partial charge on any atom is 0.318 e. The number of carbonyl (C=O) groups excluding carboxylic acids is 3. The fourth-order valence-corrected chi connectivity index (χ4v) is 1.19. The molecule has 0 aliphatic rings. The van der Waals surface area contributed by atoms with Crippen molar-refractivity contribution in [1.29, 1.82) is 0 Å². The fraction of sp³-hybridized carbons (Fsp3) is 0.444. The zero-order valence-corrected chi connectivity index (χ0v) is 10.3. The molecule has 6 N–H and O–H groups in total. The molecule has 1 heterocycles. The van der Waals surface area contributed by atoms with Gasteiger partial charge in [-0.25, -0.2) is 9.48 Å². The lowest BCUT2D eigenvalue weighted by molar-refractivity contribution is -0.123. The standard InChI is InChI=1S/C9H15N7O3/c1-5(8(18)13-9(11)19)16-4-6(14-15-16)3-12-7(17)2-10/h4-5H,2-3,10H2,1H3,(H,12,17)(H3,11,13,18,19). The molecule has 0 aliphatic carbocycles. The van der Waals surface area contributed by atoms with Crippen molar-refractivity contribution in [2.24, 2.45) is 11.5 Å². The first kappa shape index (κ1) is 14.6. The quantitative estimate of drug-likeness (QED) is 0.466. The number of urea groups is 1. The van der Waals surface area contributed by atoms with Crippen molar-refractivity contribution in [3.63, 3.8) is 0 Å². The van der Waals surface area contributed by atoms with E-state index in [1.807, 2.05) is 5.32 Å². The van der Waals surface area contributed by atoms with Crippen LogP contribution in [-0.2, 0) is 16.1 Å². The summed E-state index contributed by atoms with van der Waals surface area (Å²) in [6.45, 7) is 1.56. The Labute approximate surface area is 108 Å². The van der Waals surface area contributed by atoms with E-state index in [1.165, 1.54) is 17.8 Å². The summed E-state index contributed by atoms with van der Waals surface area (Å²) in [5.74, 6) is -0.927. The monoisotopic (exact) mass is 269 g/mol. The van der Waals surface area contributed by atoms with Crippen LogP contribution in [0.5, 0.6) is 0 Å². The van der Waals surface area contributed by atoms with E-state index >= 15 is 0 Å². The van der Waals surface area contributed by atoms with Crippen LogP contribution in [-0.4, -0.2) is 39.4 Å². The maximum atomic E-state index is 11.5. The van der Waals surface area contributed by atoms with Crippen LogP contribution < -0.4 is 22.1 Å². The minimum absolute atomic E-state index is 0.119. The highest BCUT2D eigenvalue weighted by Gasteiger charge is 2.17. The lowest BCUT2D eigenvalue weighted by Crippen LogP contribution is -2.39. The zero-order valence-electron chi connectivity index (χ0n) is 10.3. The molecule has 0 aliphatic heterocycles. The molecular weight excluding hydrogens is 254 g/mol. The van der Waals surface area contributed by atoms with Gasteiger partial charge in [0.05, 0.1) is 19.3 Å². The summed E-state index contributed by atoms with van der Waals surface area (Å²) < 4.78 is 1.25. The Balaban J connectivity index is 2.60. The molecule has 0 aromatic carbocycles. The van der Waals surface area contributed by atoms with Crippen molar-refractivity contribution in [2.45, 2.75) is 19.5 Å². The fourth-order valence-electron chi connectivity index (χ4n) is 1.19. The zero-order chi connectivity index (χ0) is 14.4. The van der Waals surface area contributed by atoms with Gasteiger partial charge in [-0.1, -0.05) is 5.21 Å². The van der Waals surface area contributed by atoms with Crippen LogP contribution in [0.3, 0.4) is 0 Å². The van der Waals surface area contributed by atoms with E-state index in [0.29, 0.717) is 5.69 Å². The van der Waals surface area contributed by atoms with Gasteiger partial charge in [-0.15, -0.1) is 5.10 Å². The largest absolute Gasteiger partial charge is 0.351 e. The lowest BCUT2D eigenvalue weighted by atomic mass is 10.3. The molecule has 1 rings (SSSR count). The molecule has 1 unspecified atom stereocenters. The van der Waals surface area contributed by atoms with Crippen LogP contribution in [0.1, 0.15) is 18.7 Å². The topological polar surface area (TPSA) is 158 Å². The molecule has 19 heavy (non-hydrogen) atoms. The first-order chi connectivity index (χ1) is 8.93. The molecule has 4 amide bonds. The third-order valence-electron chi connectivity index (χ3n) is 2.23. The number of hydrogen-bond donors (Lipinski definition) is 4. The molecule has 0 fully saturated rings. The number of nitrogens with zero attached hydrogens (tertiary/aromatic N) is 3. The summed E-state index contributed by atoms with van der Waals surface area (Å²) >= 11 is 0. The highest BCUT2D eigenvalue weighted by molar-refractivity contribution is 5.95. The van der Waals surface area contributed by atoms with Gasteiger partial charge in [0.15, 0.2) is 0 Å². The van der Waals surface area contributed by atoms with Gasteiger partial charge in [0.25, 0.3) is 5.91 Å². The number of imide groups is 1. The van der Waals surface area contributed by atoms with E-state index in [-0.39, 0.29) is 19.0 Å². The Hall–Kier alpha value is -2.49. The smallest absolute Gasteiger partial charge is 0.318 e. The van der Waals surface area contributed by atoms with E-state index in [4.69, 9.17) is 11.5 Å². The van der Waals surface area contributed by atoms with E-state index < -0.39 is 18.0 Å². The summed E-state index contributed by atoms with van der Waals surface area (Å²) in [4.78, 5) is 33.0. The minimum Gasteiger partial charge on any atom is -0.351 e. The van der Waals surface area contributed by atoms with Crippen LogP contribution in [0.25, 0.3) is 0 Å². The molecule has 10 heteroatoms. The van der Waals surface area contributed by atoms with E-state index in [0.717, 1.165) is 0 Å². The predicted molar refractivity (Wildman–Crippen MR) is 63.4 cm³/mol. The van der Waals surface area contributed by atoms with Crippen molar-refractivity contribution in [2.75, 3.05) is 6.54 Å². The first-order valence-electron chi connectivity index (χ1n) is 5.41. The summed E-state index contributed by atoms with van der Waals surface area (Å²) in [6, 6.07) is -1.69. The molecule has 0 bridgehead atoms. The highest BCUT2D eigenvalue weighted by atomic mass is 16.2. The first-order valence-corrected chi connectivity index (χ1v) is 5.41. The van der Waals surface area contributed by atoms with Gasteiger partial charge in [-0.05, 0) is 6.92 Å². The van der Waals surface area contributed by atoms with Gasteiger partial charge in [-0.3, -0.25) is 14.9 Å². The molecule has 1 aromatic rings. The van der Waals surface area contributed by atoms with Gasteiger partial charge in [0.1, 0.15) is 11.7 Å². The van der Waals surface area contributed by atoms with Crippen LogP contribution in [0.2, 0.25) is 0 Å². The number of amides is 4. The summed E-state index contributed by atoms with van der Waals surface area (Å²) in [7, 11) is 0. The number of rotatable bonds is 5. The minimum atomic E-state index is -0.938. The Morgan fingerprint density at radius 3 is 2.74 bits per heavy atom. The Kier molecular flexibility index (Phi) is 4.94. The van der Waals surface area contributed by atoms with Crippen molar-refractivity contribution >= 4 is 17.8 Å². The second-order valence-electron chi connectivity index (χ2n) is 3.70. The molecule has 0 radical (unpaired) electrons. The average Bonchev–Trinajstić information content (AvgIpc) is 2.82. The molecule has 104 valence electrons. The van der Waals surface area contributed by atoms with Crippen molar-refractivity contribution in [3.8, 4) is 0 Å². The SMILES string of the molecule is CC(C(=O)NC(N)=O)n1cc(CNC(=O)CN)nn1.